The van der Waals surface area contributed by atoms with Crippen molar-refractivity contribution in [2.75, 3.05) is 6.54 Å². The number of rotatable bonds is 6. The molecule has 0 spiro atoms. The number of hydrogen-bond donors (Lipinski definition) is 2. The minimum atomic E-state index is -0.442. The second-order valence-electron chi connectivity index (χ2n) is 4.32. The lowest BCUT2D eigenvalue weighted by Gasteiger charge is -2.23. The lowest BCUT2D eigenvalue weighted by Crippen LogP contribution is -2.43. The fraction of sp³-hybridized carbons (Fsp3) is 0.900. The van der Waals surface area contributed by atoms with Crippen molar-refractivity contribution in [1.82, 2.24) is 5.32 Å². The summed E-state index contributed by atoms with van der Waals surface area (Å²) >= 11 is 0. The van der Waals surface area contributed by atoms with Crippen LogP contribution in [0.15, 0.2) is 0 Å². The molecular weight excluding hydrogens is 164 g/mol. The number of primary amides is 1. The molecule has 0 aliphatic carbocycles. The summed E-state index contributed by atoms with van der Waals surface area (Å²) in [6.45, 7) is 8.66. The van der Waals surface area contributed by atoms with Crippen molar-refractivity contribution in [3.8, 4) is 0 Å². The van der Waals surface area contributed by atoms with E-state index in [0.717, 1.165) is 12.8 Å². The molecule has 0 aromatic rings. The van der Waals surface area contributed by atoms with Gasteiger partial charge in [0.15, 0.2) is 0 Å². The average Bonchev–Trinajstić information content (AvgIpc) is 2.01. The zero-order chi connectivity index (χ0) is 10.5. The summed E-state index contributed by atoms with van der Waals surface area (Å²) in [6.07, 6.45) is 2.29. The van der Waals surface area contributed by atoms with Crippen LogP contribution >= 0.6 is 0 Å². The van der Waals surface area contributed by atoms with Crippen molar-refractivity contribution in [1.29, 1.82) is 0 Å². The molecule has 0 aromatic carbocycles. The van der Waals surface area contributed by atoms with Crippen LogP contribution in [0.2, 0.25) is 0 Å². The van der Waals surface area contributed by atoms with E-state index < -0.39 is 5.41 Å². The number of carbonyl (C=O) groups excluding carboxylic acids is 1. The second-order valence-corrected chi connectivity index (χ2v) is 4.32. The minimum absolute atomic E-state index is 0.247. The highest BCUT2D eigenvalue weighted by Gasteiger charge is 2.24. The summed E-state index contributed by atoms with van der Waals surface area (Å²) in [7, 11) is 0. The molecule has 0 heterocycles. The van der Waals surface area contributed by atoms with E-state index in [4.69, 9.17) is 5.73 Å². The normalized spacial score (nSPS) is 14.2. The third-order valence-electron chi connectivity index (χ3n) is 2.28. The van der Waals surface area contributed by atoms with Crippen LogP contribution < -0.4 is 11.1 Å². The van der Waals surface area contributed by atoms with Gasteiger partial charge < -0.3 is 11.1 Å². The van der Waals surface area contributed by atoms with E-state index in [1.165, 1.54) is 0 Å². The molecule has 1 amide bonds. The predicted octanol–water partition coefficient (Wildman–Crippen LogP) is 1.28. The van der Waals surface area contributed by atoms with Crippen LogP contribution in [0.1, 0.15) is 40.5 Å². The van der Waals surface area contributed by atoms with E-state index in [2.05, 4.69) is 19.2 Å². The van der Waals surface area contributed by atoms with Crippen LogP contribution in [0.4, 0.5) is 0 Å². The Balaban J connectivity index is 3.80. The Morgan fingerprint density at radius 3 is 2.46 bits per heavy atom. The Kier molecular flexibility index (Phi) is 4.99. The third-order valence-corrected chi connectivity index (χ3v) is 2.28. The molecule has 0 bridgehead atoms. The van der Waals surface area contributed by atoms with E-state index in [0.29, 0.717) is 12.6 Å². The first kappa shape index (κ1) is 12.4. The molecule has 0 saturated heterocycles. The summed E-state index contributed by atoms with van der Waals surface area (Å²) in [5.41, 5.74) is 4.81. The first-order valence-electron chi connectivity index (χ1n) is 4.93. The number of hydrogen-bond acceptors (Lipinski definition) is 2. The maximum absolute atomic E-state index is 11.0. The maximum Gasteiger partial charge on any atom is 0.224 e. The number of nitrogens with one attached hydrogen (secondary N) is 1. The van der Waals surface area contributed by atoms with Gasteiger partial charge in [-0.2, -0.15) is 0 Å². The molecule has 0 fully saturated rings. The van der Waals surface area contributed by atoms with Crippen molar-refractivity contribution < 1.29 is 4.79 Å². The van der Waals surface area contributed by atoms with Gasteiger partial charge in [0, 0.05) is 12.6 Å². The Labute approximate surface area is 81.1 Å². The topological polar surface area (TPSA) is 55.1 Å². The molecule has 3 N–H and O–H groups in total. The Hall–Kier alpha value is -0.570. The maximum atomic E-state index is 11.0. The van der Waals surface area contributed by atoms with Crippen molar-refractivity contribution in [2.24, 2.45) is 11.1 Å². The number of amides is 1. The molecule has 0 aliphatic rings. The van der Waals surface area contributed by atoms with Crippen molar-refractivity contribution >= 4 is 5.91 Å². The van der Waals surface area contributed by atoms with Crippen molar-refractivity contribution in [3.63, 3.8) is 0 Å². The van der Waals surface area contributed by atoms with Crippen LogP contribution in [-0.2, 0) is 4.79 Å². The fourth-order valence-corrected chi connectivity index (χ4v) is 1.05. The van der Waals surface area contributed by atoms with Gasteiger partial charge in [0.05, 0.1) is 5.41 Å². The molecule has 3 nitrogen and oxygen atoms in total. The van der Waals surface area contributed by atoms with Gasteiger partial charge in [0.1, 0.15) is 0 Å². The number of carbonyl (C=O) groups is 1. The zero-order valence-electron chi connectivity index (χ0n) is 9.18. The van der Waals surface area contributed by atoms with Gasteiger partial charge in [0.2, 0.25) is 5.91 Å². The Morgan fingerprint density at radius 2 is 2.08 bits per heavy atom. The lowest BCUT2D eigenvalue weighted by atomic mass is 9.92. The molecule has 0 aliphatic heterocycles. The van der Waals surface area contributed by atoms with E-state index in [1.54, 1.807) is 0 Å². The van der Waals surface area contributed by atoms with Gasteiger partial charge in [-0.3, -0.25) is 4.79 Å². The average molecular weight is 186 g/mol. The van der Waals surface area contributed by atoms with Crippen LogP contribution in [0.3, 0.4) is 0 Å². The van der Waals surface area contributed by atoms with E-state index >= 15 is 0 Å². The van der Waals surface area contributed by atoms with Crippen LogP contribution in [0.5, 0.6) is 0 Å². The Bertz CT molecular complexity index is 166. The summed E-state index contributed by atoms with van der Waals surface area (Å²) in [6, 6.07) is 0.462. The smallest absolute Gasteiger partial charge is 0.224 e. The molecule has 78 valence electrons. The number of nitrogens with two attached hydrogens (primary N) is 1. The van der Waals surface area contributed by atoms with E-state index in [-0.39, 0.29) is 5.91 Å². The molecule has 0 saturated carbocycles. The SMILES string of the molecule is CCCC(C)NCC(C)(C)C(N)=O. The van der Waals surface area contributed by atoms with E-state index in [1.807, 2.05) is 13.8 Å². The lowest BCUT2D eigenvalue weighted by molar-refractivity contribution is -0.125. The van der Waals surface area contributed by atoms with Crippen molar-refractivity contribution in [2.45, 2.75) is 46.6 Å². The largest absolute Gasteiger partial charge is 0.369 e. The van der Waals surface area contributed by atoms with Crippen LogP contribution in [0, 0.1) is 5.41 Å². The quantitative estimate of drug-likeness (QED) is 0.656. The first-order chi connectivity index (χ1) is 5.90. The van der Waals surface area contributed by atoms with Gasteiger partial charge in [-0.15, -0.1) is 0 Å². The summed E-state index contributed by atoms with van der Waals surface area (Å²) < 4.78 is 0. The Morgan fingerprint density at radius 1 is 1.54 bits per heavy atom. The minimum Gasteiger partial charge on any atom is -0.369 e. The summed E-state index contributed by atoms with van der Waals surface area (Å²) in [4.78, 5) is 11.0. The highest BCUT2D eigenvalue weighted by Crippen LogP contribution is 2.12. The van der Waals surface area contributed by atoms with Gasteiger partial charge in [-0.25, -0.2) is 0 Å². The first-order valence-corrected chi connectivity index (χ1v) is 4.93. The monoisotopic (exact) mass is 186 g/mol. The van der Waals surface area contributed by atoms with Gasteiger partial charge in [0.25, 0.3) is 0 Å². The van der Waals surface area contributed by atoms with Gasteiger partial charge >= 0.3 is 0 Å². The van der Waals surface area contributed by atoms with E-state index in [9.17, 15) is 4.79 Å². The summed E-state index contributed by atoms with van der Waals surface area (Å²) in [5.74, 6) is -0.247. The predicted molar refractivity (Wildman–Crippen MR) is 55.3 cm³/mol. The molecular formula is C10H22N2O. The van der Waals surface area contributed by atoms with Crippen molar-refractivity contribution in [3.05, 3.63) is 0 Å². The van der Waals surface area contributed by atoms with Crippen LogP contribution in [-0.4, -0.2) is 18.5 Å². The van der Waals surface area contributed by atoms with Gasteiger partial charge in [-0.05, 0) is 27.2 Å². The van der Waals surface area contributed by atoms with Gasteiger partial charge in [-0.1, -0.05) is 13.3 Å². The molecule has 13 heavy (non-hydrogen) atoms. The molecule has 0 rings (SSSR count). The summed E-state index contributed by atoms with van der Waals surface area (Å²) in [5, 5.41) is 3.30. The molecule has 0 radical (unpaired) electrons. The highest BCUT2D eigenvalue weighted by atomic mass is 16.1. The molecule has 3 heteroatoms. The molecule has 1 atom stereocenters. The highest BCUT2D eigenvalue weighted by molar-refractivity contribution is 5.80. The fourth-order valence-electron chi connectivity index (χ4n) is 1.05. The second kappa shape index (κ2) is 5.22. The molecule has 0 aromatic heterocycles. The standard InChI is InChI=1S/C10H22N2O/c1-5-6-8(2)12-7-10(3,4)9(11)13/h8,12H,5-7H2,1-4H3,(H2,11,13). The molecule has 1 unspecified atom stereocenters. The third kappa shape index (κ3) is 4.88. The van der Waals surface area contributed by atoms with Crippen LogP contribution in [0.25, 0.3) is 0 Å². The zero-order valence-corrected chi connectivity index (χ0v) is 9.18.